The van der Waals surface area contributed by atoms with E-state index >= 15 is 0 Å². The number of carbonyl (C=O) groups is 1. The fourth-order valence-corrected chi connectivity index (χ4v) is 3.94. The zero-order valence-corrected chi connectivity index (χ0v) is 12.8. The van der Waals surface area contributed by atoms with Gasteiger partial charge in [-0.3, -0.25) is 4.79 Å². The van der Waals surface area contributed by atoms with E-state index in [1.165, 1.54) is 0 Å². The Balaban J connectivity index is 2.13. The number of hydrogen-bond acceptors (Lipinski definition) is 3. The monoisotopic (exact) mass is 295 g/mol. The summed E-state index contributed by atoms with van der Waals surface area (Å²) in [5, 5.41) is 2.87. The summed E-state index contributed by atoms with van der Waals surface area (Å²) in [6, 6.07) is 4.89. The molecular weight excluding hydrogens is 274 g/mol. The van der Waals surface area contributed by atoms with E-state index in [2.05, 4.69) is 19.2 Å². The first-order valence-corrected chi connectivity index (χ1v) is 8.69. The summed E-state index contributed by atoms with van der Waals surface area (Å²) in [6.45, 7) is 4.86. The van der Waals surface area contributed by atoms with Crippen molar-refractivity contribution in [3.05, 3.63) is 29.3 Å². The van der Waals surface area contributed by atoms with Gasteiger partial charge in [-0.2, -0.15) is 0 Å². The lowest BCUT2D eigenvalue weighted by molar-refractivity contribution is 0.0952. The number of nitrogens with one attached hydrogen (secondary N) is 1. The van der Waals surface area contributed by atoms with Gasteiger partial charge >= 0.3 is 0 Å². The molecule has 0 radical (unpaired) electrons. The Kier molecular flexibility index (Phi) is 4.48. The fraction of sp³-hybridized carbons (Fsp3) is 0.533. The average Bonchev–Trinajstić information content (AvgIpc) is 2.37. The highest BCUT2D eigenvalue weighted by atomic mass is 32.2. The van der Waals surface area contributed by atoms with Gasteiger partial charge in [-0.15, -0.1) is 0 Å². The van der Waals surface area contributed by atoms with Gasteiger partial charge in [0.1, 0.15) is 0 Å². The smallest absolute Gasteiger partial charge is 0.251 e. The average molecular weight is 295 g/mol. The van der Waals surface area contributed by atoms with Gasteiger partial charge in [0.25, 0.3) is 5.91 Å². The lowest BCUT2D eigenvalue weighted by atomic mass is 10.1. The molecule has 0 saturated heterocycles. The third-order valence-corrected chi connectivity index (χ3v) is 5.42. The van der Waals surface area contributed by atoms with E-state index in [-0.39, 0.29) is 11.7 Å². The maximum absolute atomic E-state index is 12.0. The first-order chi connectivity index (χ1) is 9.40. The van der Waals surface area contributed by atoms with Gasteiger partial charge in [0.2, 0.25) is 0 Å². The molecule has 1 aromatic carbocycles. The minimum Gasteiger partial charge on any atom is -0.352 e. The molecule has 20 heavy (non-hydrogen) atoms. The Morgan fingerprint density at radius 3 is 2.80 bits per heavy atom. The van der Waals surface area contributed by atoms with Crippen molar-refractivity contribution >= 4 is 15.7 Å². The maximum Gasteiger partial charge on any atom is 0.251 e. The van der Waals surface area contributed by atoms with Gasteiger partial charge < -0.3 is 5.32 Å². The number of amides is 1. The van der Waals surface area contributed by atoms with Crippen LogP contribution in [0.2, 0.25) is 0 Å². The number of hydrogen-bond donors (Lipinski definition) is 1. The van der Waals surface area contributed by atoms with Crippen LogP contribution >= 0.6 is 0 Å². The quantitative estimate of drug-likeness (QED) is 0.926. The summed E-state index contributed by atoms with van der Waals surface area (Å²) in [5.41, 5.74) is 1.32. The Morgan fingerprint density at radius 1 is 1.35 bits per heavy atom. The molecule has 2 rings (SSSR count). The van der Waals surface area contributed by atoms with Crippen LogP contribution in [0.3, 0.4) is 0 Å². The molecule has 1 amide bonds. The second-order valence-corrected chi connectivity index (χ2v) is 7.76. The summed E-state index contributed by atoms with van der Waals surface area (Å²) in [5.74, 6) is 0.625. The third-order valence-electron chi connectivity index (χ3n) is 3.52. The molecule has 5 heteroatoms. The van der Waals surface area contributed by atoms with E-state index in [0.29, 0.717) is 29.3 Å². The minimum atomic E-state index is -3.14. The van der Waals surface area contributed by atoms with Crippen LogP contribution in [0.1, 0.15) is 42.6 Å². The maximum atomic E-state index is 12.0. The second-order valence-electron chi connectivity index (χ2n) is 5.68. The minimum absolute atomic E-state index is 0.128. The third kappa shape index (κ3) is 3.39. The van der Waals surface area contributed by atoms with E-state index in [1.54, 1.807) is 18.2 Å². The van der Waals surface area contributed by atoms with Gasteiger partial charge in [0, 0.05) is 12.1 Å². The van der Waals surface area contributed by atoms with Crippen LogP contribution in [-0.2, 0) is 16.3 Å². The van der Waals surface area contributed by atoms with E-state index in [9.17, 15) is 13.2 Å². The van der Waals surface area contributed by atoms with Crippen LogP contribution in [0.25, 0.3) is 0 Å². The highest BCUT2D eigenvalue weighted by Crippen LogP contribution is 2.25. The summed E-state index contributed by atoms with van der Waals surface area (Å²) >= 11 is 0. The topological polar surface area (TPSA) is 63.2 Å². The van der Waals surface area contributed by atoms with Gasteiger partial charge in [-0.1, -0.05) is 13.8 Å². The molecule has 0 atom stereocenters. The van der Waals surface area contributed by atoms with E-state index < -0.39 is 9.84 Å². The van der Waals surface area contributed by atoms with Crippen molar-refractivity contribution in [1.29, 1.82) is 0 Å². The van der Waals surface area contributed by atoms with Crippen molar-refractivity contribution in [2.75, 3.05) is 12.3 Å². The second kappa shape index (κ2) is 5.95. The van der Waals surface area contributed by atoms with Gasteiger partial charge in [0.05, 0.1) is 10.6 Å². The summed E-state index contributed by atoms with van der Waals surface area (Å²) in [6.07, 6.45) is 2.29. The Morgan fingerprint density at radius 2 is 2.10 bits per heavy atom. The number of carbonyl (C=O) groups excluding carboxylic acids is 1. The van der Waals surface area contributed by atoms with Crippen LogP contribution in [0, 0.1) is 5.92 Å². The first kappa shape index (κ1) is 15.0. The van der Waals surface area contributed by atoms with Crippen LogP contribution in [0.15, 0.2) is 23.1 Å². The zero-order chi connectivity index (χ0) is 14.8. The molecule has 0 aromatic heterocycles. The molecule has 110 valence electrons. The lowest BCUT2D eigenvalue weighted by Crippen LogP contribution is -2.26. The molecule has 0 spiro atoms. The van der Waals surface area contributed by atoms with Crippen molar-refractivity contribution in [1.82, 2.24) is 5.32 Å². The van der Waals surface area contributed by atoms with Crippen molar-refractivity contribution in [3.63, 3.8) is 0 Å². The Labute approximate surface area is 120 Å². The molecular formula is C15H21NO3S. The molecule has 0 saturated carbocycles. The number of sulfone groups is 1. The fourth-order valence-electron chi connectivity index (χ4n) is 2.36. The van der Waals surface area contributed by atoms with Crippen LogP contribution < -0.4 is 5.32 Å². The van der Waals surface area contributed by atoms with Crippen LogP contribution in [0.5, 0.6) is 0 Å². The highest BCUT2D eigenvalue weighted by molar-refractivity contribution is 7.91. The normalized spacial score (nSPS) is 16.8. The molecule has 4 nitrogen and oxygen atoms in total. The van der Waals surface area contributed by atoms with Gasteiger partial charge in [0.15, 0.2) is 9.84 Å². The molecule has 0 bridgehead atoms. The number of rotatable bonds is 4. The zero-order valence-electron chi connectivity index (χ0n) is 12.0. The standard InChI is InChI=1S/C15H21NO3S/c1-11(2)7-8-16-15(17)13-5-6-14-12(10-13)4-3-9-20(14,18)19/h5-6,10-11H,3-4,7-9H2,1-2H3,(H,16,17). The largest absolute Gasteiger partial charge is 0.352 e. The van der Waals surface area contributed by atoms with Crippen LogP contribution in [0.4, 0.5) is 0 Å². The van der Waals surface area contributed by atoms with E-state index in [1.807, 2.05) is 0 Å². The number of aryl methyl sites for hydroxylation is 1. The Hall–Kier alpha value is -1.36. The predicted molar refractivity (Wildman–Crippen MR) is 78.6 cm³/mol. The van der Waals surface area contributed by atoms with Gasteiger partial charge in [-0.25, -0.2) is 8.42 Å². The van der Waals surface area contributed by atoms with E-state index in [4.69, 9.17) is 0 Å². The molecule has 1 aliphatic rings. The highest BCUT2D eigenvalue weighted by Gasteiger charge is 2.24. The van der Waals surface area contributed by atoms with Crippen molar-refractivity contribution < 1.29 is 13.2 Å². The molecule has 1 heterocycles. The molecule has 0 unspecified atom stereocenters. The lowest BCUT2D eigenvalue weighted by Gasteiger charge is -2.17. The van der Waals surface area contributed by atoms with E-state index in [0.717, 1.165) is 18.4 Å². The van der Waals surface area contributed by atoms with Crippen molar-refractivity contribution in [3.8, 4) is 0 Å². The van der Waals surface area contributed by atoms with Crippen molar-refractivity contribution in [2.24, 2.45) is 5.92 Å². The first-order valence-electron chi connectivity index (χ1n) is 7.04. The molecule has 1 aliphatic heterocycles. The Bertz CT molecular complexity index is 606. The summed E-state index contributed by atoms with van der Waals surface area (Å²) in [7, 11) is -3.14. The molecule has 1 aromatic rings. The summed E-state index contributed by atoms with van der Waals surface area (Å²) < 4.78 is 23.8. The summed E-state index contributed by atoms with van der Waals surface area (Å²) in [4.78, 5) is 12.4. The number of fused-ring (bicyclic) bond motifs is 1. The predicted octanol–water partition coefficient (Wildman–Crippen LogP) is 2.18. The van der Waals surface area contributed by atoms with Crippen molar-refractivity contribution in [2.45, 2.75) is 38.0 Å². The molecule has 0 fully saturated rings. The SMILES string of the molecule is CC(C)CCNC(=O)c1ccc2c(c1)CCCS2(=O)=O. The van der Waals surface area contributed by atoms with Crippen LogP contribution in [-0.4, -0.2) is 26.6 Å². The molecule has 0 aliphatic carbocycles. The number of benzene rings is 1. The molecule has 1 N–H and O–H groups in total. The van der Waals surface area contributed by atoms with Gasteiger partial charge in [-0.05, 0) is 48.9 Å².